The van der Waals surface area contributed by atoms with Crippen molar-refractivity contribution in [1.82, 2.24) is 19.4 Å². The first-order valence-electron chi connectivity index (χ1n) is 9.03. The molecule has 2 fully saturated rings. The smallest absolute Gasteiger partial charge is 0.160 e. The number of hydrogen-bond acceptors (Lipinski definition) is 4. The summed E-state index contributed by atoms with van der Waals surface area (Å²) < 4.78 is 8.26. The zero-order valence-electron chi connectivity index (χ0n) is 13.9. The van der Waals surface area contributed by atoms with Crippen LogP contribution in [0.3, 0.4) is 0 Å². The number of nitrogens with zero attached hydrogens (tertiary/aromatic N) is 4. The van der Waals surface area contributed by atoms with Crippen molar-refractivity contribution in [3.63, 3.8) is 0 Å². The molecule has 4 heterocycles. The van der Waals surface area contributed by atoms with E-state index in [1.54, 1.807) is 0 Å². The Morgan fingerprint density at radius 3 is 3.04 bits per heavy atom. The minimum Gasteiger partial charge on any atom is -0.370 e. The maximum atomic E-state index is 5.93. The maximum Gasteiger partial charge on any atom is 0.160 e. The fraction of sp³-hybridized carbons (Fsp3) is 0.667. The van der Waals surface area contributed by atoms with E-state index in [1.165, 1.54) is 25.8 Å². The quantitative estimate of drug-likeness (QED) is 0.869. The lowest BCUT2D eigenvalue weighted by Gasteiger charge is -2.35. The van der Waals surface area contributed by atoms with Gasteiger partial charge in [-0.25, -0.2) is 9.97 Å². The molecule has 0 aromatic carbocycles. The van der Waals surface area contributed by atoms with E-state index in [1.807, 2.05) is 12.3 Å². The van der Waals surface area contributed by atoms with Crippen LogP contribution in [0.25, 0.3) is 11.2 Å². The van der Waals surface area contributed by atoms with Gasteiger partial charge in [-0.1, -0.05) is 13.3 Å². The van der Waals surface area contributed by atoms with Crippen molar-refractivity contribution in [2.24, 2.45) is 0 Å². The van der Waals surface area contributed by atoms with E-state index >= 15 is 0 Å². The molecular formula is C18H26N4O. The minimum absolute atomic E-state index is 0.142. The first-order chi connectivity index (χ1) is 11.4. The van der Waals surface area contributed by atoms with E-state index in [9.17, 15) is 0 Å². The molecule has 4 rings (SSSR count). The number of likely N-dealkylation sites (tertiary alicyclic amines) is 1. The second-order valence-corrected chi connectivity index (χ2v) is 6.71. The van der Waals surface area contributed by atoms with Crippen molar-refractivity contribution < 1.29 is 4.74 Å². The average Bonchev–Trinajstić information content (AvgIpc) is 3.23. The van der Waals surface area contributed by atoms with E-state index in [-0.39, 0.29) is 6.10 Å². The summed E-state index contributed by atoms with van der Waals surface area (Å²) >= 11 is 0. The molecular weight excluding hydrogens is 288 g/mol. The summed E-state index contributed by atoms with van der Waals surface area (Å²) in [5.74, 6) is 1.08. The predicted octanol–water partition coefficient (Wildman–Crippen LogP) is 3.16. The molecule has 0 saturated carbocycles. The molecule has 2 aromatic rings. The van der Waals surface area contributed by atoms with Crippen molar-refractivity contribution in [3.8, 4) is 0 Å². The van der Waals surface area contributed by atoms with Gasteiger partial charge >= 0.3 is 0 Å². The molecule has 0 radical (unpaired) electrons. The van der Waals surface area contributed by atoms with Gasteiger partial charge in [-0.05, 0) is 50.9 Å². The fourth-order valence-corrected chi connectivity index (χ4v) is 4.08. The molecule has 23 heavy (non-hydrogen) atoms. The topological polar surface area (TPSA) is 43.2 Å². The summed E-state index contributed by atoms with van der Waals surface area (Å²) in [6.45, 7) is 6.45. The highest BCUT2D eigenvalue weighted by atomic mass is 16.5. The molecule has 2 aromatic heterocycles. The second kappa shape index (κ2) is 6.57. The SMILES string of the molecule is CCN1CCCCC1Cn1c(C2CCCO2)nc2cccnc21. The van der Waals surface area contributed by atoms with Gasteiger partial charge in [0.2, 0.25) is 0 Å². The average molecular weight is 314 g/mol. The van der Waals surface area contributed by atoms with E-state index in [4.69, 9.17) is 9.72 Å². The van der Waals surface area contributed by atoms with Gasteiger partial charge < -0.3 is 9.30 Å². The number of likely N-dealkylation sites (N-methyl/N-ethyl adjacent to an activating group) is 1. The second-order valence-electron chi connectivity index (χ2n) is 6.71. The third-order valence-corrected chi connectivity index (χ3v) is 5.30. The number of ether oxygens (including phenoxy) is 1. The summed E-state index contributed by atoms with van der Waals surface area (Å²) in [4.78, 5) is 12.1. The zero-order chi connectivity index (χ0) is 15.6. The number of pyridine rings is 1. The summed E-state index contributed by atoms with van der Waals surface area (Å²) in [6, 6.07) is 4.63. The highest BCUT2D eigenvalue weighted by Gasteiger charge is 2.28. The van der Waals surface area contributed by atoms with Crippen molar-refractivity contribution >= 4 is 11.2 Å². The predicted molar refractivity (Wildman–Crippen MR) is 90.3 cm³/mol. The van der Waals surface area contributed by atoms with Crippen LogP contribution in [0, 0.1) is 0 Å². The van der Waals surface area contributed by atoms with Crippen molar-refractivity contribution in [2.75, 3.05) is 19.7 Å². The Kier molecular flexibility index (Phi) is 4.31. The maximum absolute atomic E-state index is 5.93. The summed E-state index contributed by atoms with van der Waals surface area (Å²) in [5.41, 5.74) is 2.01. The molecule has 0 aliphatic carbocycles. The molecule has 124 valence electrons. The lowest BCUT2D eigenvalue weighted by Crippen LogP contribution is -2.42. The molecule has 2 saturated heterocycles. The molecule has 0 spiro atoms. The van der Waals surface area contributed by atoms with Gasteiger partial charge in [0.1, 0.15) is 17.4 Å². The van der Waals surface area contributed by atoms with E-state index in [0.29, 0.717) is 6.04 Å². The van der Waals surface area contributed by atoms with Gasteiger partial charge in [-0.3, -0.25) is 4.90 Å². The van der Waals surface area contributed by atoms with Crippen LogP contribution in [-0.2, 0) is 11.3 Å². The summed E-state index contributed by atoms with van der Waals surface area (Å²) in [5, 5.41) is 0. The molecule has 2 aliphatic rings. The largest absolute Gasteiger partial charge is 0.370 e. The number of aromatic nitrogens is 3. The number of piperidine rings is 1. The van der Waals surface area contributed by atoms with E-state index in [2.05, 4.69) is 27.4 Å². The number of rotatable bonds is 4. The standard InChI is InChI=1S/C18H26N4O/c1-2-21-11-4-3-7-14(21)13-22-17-15(8-5-10-19-17)20-18(22)16-9-6-12-23-16/h5,8,10,14,16H,2-4,6-7,9,11-13H2,1H3. The summed E-state index contributed by atoms with van der Waals surface area (Å²) in [6.07, 6.45) is 8.14. The molecule has 0 N–H and O–H groups in total. The Morgan fingerprint density at radius 2 is 2.22 bits per heavy atom. The Hall–Kier alpha value is -1.46. The molecule has 2 aliphatic heterocycles. The first-order valence-corrected chi connectivity index (χ1v) is 9.03. The molecule has 2 atom stereocenters. The van der Waals surface area contributed by atoms with Crippen LogP contribution in [0.5, 0.6) is 0 Å². The van der Waals surface area contributed by atoms with Crippen LogP contribution in [0.2, 0.25) is 0 Å². The highest BCUT2D eigenvalue weighted by molar-refractivity contribution is 5.71. The van der Waals surface area contributed by atoms with Crippen LogP contribution < -0.4 is 0 Å². The molecule has 2 unspecified atom stereocenters. The Bertz CT molecular complexity index is 662. The van der Waals surface area contributed by atoms with E-state index < -0.39 is 0 Å². The van der Waals surface area contributed by atoms with Crippen LogP contribution >= 0.6 is 0 Å². The Balaban J connectivity index is 1.70. The number of imidazole rings is 1. The van der Waals surface area contributed by atoms with Gasteiger partial charge in [-0.15, -0.1) is 0 Å². The van der Waals surface area contributed by atoms with Crippen LogP contribution in [-0.4, -0.2) is 45.2 Å². The van der Waals surface area contributed by atoms with Gasteiger partial charge in [-0.2, -0.15) is 0 Å². The number of fused-ring (bicyclic) bond motifs is 1. The van der Waals surface area contributed by atoms with Crippen molar-refractivity contribution in [3.05, 3.63) is 24.2 Å². The molecule has 0 bridgehead atoms. The highest BCUT2D eigenvalue weighted by Crippen LogP contribution is 2.31. The lowest BCUT2D eigenvalue weighted by atomic mass is 10.0. The normalized spacial score (nSPS) is 26.1. The van der Waals surface area contributed by atoms with Gasteiger partial charge in [0.25, 0.3) is 0 Å². The third-order valence-electron chi connectivity index (χ3n) is 5.30. The third kappa shape index (κ3) is 2.88. The van der Waals surface area contributed by atoms with Gasteiger partial charge in [0.15, 0.2) is 5.65 Å². The first kappa shape index (κ1) is 15.1. The van der Waals surface area contributed by atoms with Crippen LogP contribution in [0.1, 0.15) is 51.0 Å². The Labute approximate surface area is 137 Å². The van der Waals surface area contributed by atoms with Gasteiger partial charge in [0.05, 0.1) is 0 Å². The van der Waals surface area contributed by atoms with Crippen LogP contribution in [0.15, 0.2) is 18.3 Å². The molecule has 5 heteroatoms. The summed E-state index contributed by atoms with van der Waals surface area (Å²) in [7, 11) is 0. The Morgan fingerprint density at radius 1 is 1.26 bits per heavy atom. The minimum atomic E-state index is 0.142. The lowest BCUT2D eigenvalue weighted by molar-refractivity contribution is 0.0966. The van der Waals surface area contributed by atoms with Crippen LogP contribution in [0.4, 0.5) is 0 Å². The van der Waals surface area contributed by atoms with Gasteiger partial charge in [0, 0.05) is 25.4 Å². The monoisotopic (exact) mass is 314 g/mol. The van der Waals surface area contributed by atoms with Crippen molar-refractivity contribution in [2.45, 2.75) is 57.7 Å². The molecule has 5 nitrogen and oxygen atoms in total. The van der Waals surface area contributed by atoms with Crippen molar-refractivity contribution in [1.29, 1.82) is 0 Å². The van der Waals surface area contributed by atoms with E-state index in [0.717, 1.165) is 49.5 Å². The fourth-order valence-electron chi connectivity index (χ4n) is 4.08. The zero-order valence-corrected chi connectivity index (χ0v) is 13.9. The number of hydrogen-bond donors (Lipinski definition) is 0. The molecule has 0 amide bonds.